The average Bonchev–Trinajstić information content (AvgIpc) is 3.26. The Morgan fingerprint density at radius 2 is 1.54 bits per heavy atom. The second-order valence-corrected chi connectivity index (χ2v) is 6.79. The van der Waals surface area contributed by atoms with E-state index in [1.165, 1.54) is 10.5 Å². The molecule has 2 heterocycles. The van der Waals surface area contributed by atoms with E-state index in [2.05, 4.69) is 12.1 Å². The molecule has 0 aliphatic carbocycles. The first-order valence-corrected chi connectivity index (χ1v) is 8.93. The van der Waals surface area contributed by atoms with Gasteiger partial charge in [-0.25, -0.2) is 0 Å². The molecule has 0 aromatic heterocycles. The van der Waals surface area contributed by atoms with Crippen LogP contribution in [0.1, 0.15) is 45.0 Å². The molecule has 5 heteroatoms. The third-order valence-corrected chi connectivity index (χ3v) is 5.24. The number of carbonyl (C=O) groups is 3. The van der Waals surface area contributed by atoms with Crippen molar-refractivity contribution in [2.24, 2.45) is 0 Å². The molecule has 3 amide bonds. The summed E-state index contributed by atoms with van der Waals surface area (Å²) in [5, 5.41) is 0. The molecule has 2 aliphatic heterocycles. The van der Waals surface area contributed by atoms with Gasteiger partial charge in [0.05, 0.1) is 11.1 Å². The van der Waals surface area contributed by atoms with E-state index in [0.717, 1.165) is 13.0 Å². The molecule has 2 aromatic carbocycles. The fraction of sp³-hybridized carbons (Fsp3) is 0.286. The number of nitrogens with zero attached hydrogens (tertiary/aromatic N) is 2. The van der Waals surface area contributed by atoms with Crippen LogP contribution in [0.2, 0.25) is 0 Å². The fourth-order valence-corrected chi connectivity index (χ4v) is 3.79. The van der Waals surface area contributed by atoms with Gasteiger partial charge < -0.3 is 4.90 Å². The molecular formula is C21H20N2O3. The van der Waals surface area contributed by atoms with Gasteiger partial charge in [-0.15, -0.1) is 0 Å². The Balaban J connectivity index is 1.35. The van der Waals surface area contributed by atoms with Crippen molar-refractivity contribution in [1.82, 2.24) is 9.80 Å². The van der Waals surface area contributed by atoms with E-state index in [1.54, 1.807) is 24.3 Å². The van der Waals surface area contributed by atoms with Crippen molar-refractivity contribution in [1.29, 1.82) is 0 Å². The predicted molar refractivity (Wildman–Crippen MR) is 96.8 cm³/mol. The fourth-order valence-electron chi connectivity index (χ4n) is 3.79. The largest absolute Gasteiger partial charge is 0.342 e. The molecule has 0 saturated carbocycles. The van der Waals surface area contributed by atoms with Crippen molar-refractivity contribution in [2.75, 3.05) is 19.6 Å². The predicted octanol–water partition coefficient (Wildman–Crippen LogP) is 2.69. The molecule has 0 N–H and O–H groups in total. The first kappa shape index (κ1) is 16.5. The van der Waals surface area contributed by atoms with Crippen LogP contribution in [-0.2, 0) is 4.79 Å². The standard InChI is InChI=1S/C21H20N2O3/c24-19(22-12-10-16(14-22)15-6-2-1-3-7-15)11-13-23-20(25)17-8-4-5-9-18(17)21(23)26/h1-9,16H,10-14H2/t16-/m0/s1. The Hall–Kier alpha value is -2.95. The van der Waals surface area contributed by atoms with Crippen molar-refractivity contribution in [2.45, 2.75) is 18.8 Å². The summed E-state index contributed by atoms with van der Waals surface area (Å²) in [5.74, 6) is -0.247. The summed E-state index contributed by atoms with van der Waals surface area (Å²) < 4.78 is 0. The summed E-state index contributed by atoms with van der Waals surface area (Å²) in [6, 6.07) is 17.0. The Bertz CT molecular complexity index is 828. The molecular weight excluding hydrogens is 328 g/mol. The molecule has 0 unspecified atom stereocenters. The number of hydrogen-bond acceptors (Lipinski definition) is 3. The highest BCUT2D eigenvalue weighted by Gasteiger charge is 2.35. The normalized spacial score (nSPS) is 19.2. The number of imide groups is 1. The average molecular weight is 348 g/mol. The summed E-state index contributed by atoms with van der Waals surface area (Å²) in [6.45, 7) is 1.56. The molecule has 132 valence electrons. The van der Waals surface area contributed by atoms with Gasteiger partial charge in [-0.3, -0.25) is 19.3 Å². The first-order chi connectivity index (χ1) is 12.6. The van der Waals surface area contributed by atoms with Gasteiger partial charge >= 0.3 is 0 Å². The minimum absolute atomic E-state index is 0.0000118. The van der Waals surface area contributed by atoms with E-state index in [1.807, 2.05) is 23.1 Å². The Morgan fingerprint density at radius 3 is 2.19 bits per heavy atom. The zero-order chi connectivity index (χ0) is 18.1. The topological polar surface area (TPSA) is 57.7 Å². The summed E-state index contributed by atoms with van der Waals surface area (Å²) in [7, 11) is 0. The van der Waals surface area contributed by atoms with Gasteiger partial charge in [-0.05, 0) is 24.1 Å². The molecule has 1 fully saturated rings. The van der Waals surface area contributed by atoms with Crippen molar-refractivity contribution in [3.63, 3.8) is 0 Å². The number of amides is 3. The highest BCUT2D eigenvalue weighted by molar-refractivity contribution is 6.21. The maximum Gasteiger partial charge on any atom is 0.261 e. The minimum atomic E-state index is -0.304. The Kier molecular flexibility index (Phi) is 4.29. The van der Waals surface area contributed by atoms with E-state index in [0.29, 0.717) is 23.6 Å². The molecule has 0 bridgehead atoms. The monoisotopic (exact) mass is 348 g/mol. The molecule has 26 heavy (non-hydrogen) atoms. The molecule has 1 saturated heterocycles. The number of hydrogen-bond donors (Lipinski definition) is 0. The Morgan fingerprint density at radius 1 is 0.923 bits per heavy atom. The third kappa shape index (κ3) is 2.90. The van der Waals surface area contributed by atoms with Crippen LogP contribution in [-0.4, -0.2) is 47.2 Å². The lowest BCUT2D eigenvalue weighted by atomic mass is 9.99. The van der Waals surface area contributed by atoms with Crippen LogP contribution >= 0.6 is 0 Å². The molecule has 2 aliphatic rings. The van der Waals surface area contributed by atoms with Gasteiger partial charge in [0.15, 0.2) is 0 Å². The smallest absolute Gasteiger partial charge is 0.261 e. The lowest BCUT2D eigenvalue weighted by Crippen LogP contribution is -2.36. The molecule has 4 rings (SSSR count). The maximum absolute atomic E-state index is 12.5. The first-order valence-electron chi connectivity index (χ1n) is 8.93. The van der Waals surface area contributed by atoms with Gasteiger partial charge in [-0.2, -0.15) is 0 Å². The zero-order valence-corrected chi connectivity index (χ0v) is 14.4. The van der Waals surface area contributed by atoms with Crippen molar-refractivity contribution < 1.29 is 14.4 Å². The second-order valence-electron chi connectivity index (χ2n) is 6.79. The van der Waals surface area contributed by atoms with Crippen molar-refractivity contribution >= 4 is 17.7 Å². The van der Waals surface area contributed by atoms with Crippen molar-refractivity contribution in [3.8, 4) is 0 Å². The van der Waals surface area contributed by atoms with Crippen molar-refractivity contribution in [3.05, 3.63) is 71.3 Å². The van der Waals surface area contributed by atoms with Gasteiger partial charge in [0.2, 0.25) is 5.91 Å². The molecule has 2 aromatic rings. The zero-order valence-electron chi connectivity index (χ0n) is 14.4. The molecule has 1 atom stereocenters. The molecule has 0 radical (unpaired) electrons. The van der Waals surface area contributed by atoms with E-state index in [9.17, 15) is 14.4 Å². The summed E-state index contributed by atoms with van der Waals surface area (Å²) in [4.78, 5) is 40.3. The quantitative estimate of drug-likeness (QED) is 0.798. The highest BCUT2D eigenvalue weighted by Crippen LogP contribution is 2.28. The number of rotatable bonds is 4. The second kappa shape index (κ2) is 6.75. The van der Waals surface area contributed by atoms with Gasteiger partial charge in [-0.1, -0.05) is 42.5 Å². The van der Waals surface area contributed by atoms with Crippen LogP contribution in [0.3, 0.4) is 0 Å². The van der Waals surface area contributed by atoms with Gasteiger partial charge in [0.1, 0.15) is 0 Å². The van der Waals surface area contributed by atoms with Gasteiger partial charge in [0, 0.05) is 32.0 Å². The number of likely N-dealkylation sites (tertiary alicyclic amines) is 1. The van der Waals surface area contributed by atoms with E-state index < -0.39 is 0 Å². The van der Waals surface area contributed by atoms with E-state index >= 15 is 0 Å². The Labute approximate surface area is 152 Å². The van der Waals surface area contributed by atoms with Crippen LogP contribution in [0.4, 0.5) is 0 Å². The highest BCUT2D eigenvalue weighted by atomic mass is 16.2. The van der Waals surface area contributed by atoms with Gasteiger partial charge in [0.25, 0.3) is 11.8 Å². The number of carbonyl (C=O) groups excluding carboxylic acids is 3. The molecule has 0 spiro atoms. The van der Waals surface area contributed by atoms with Crippen LogP contribution in [0.25, 0.3) is 0 Å². The lowest BCUT2D eigenvalue weighted by molar-refractivity contribution is -0.130. The maximum atomic E-state index is 12.5. The third-order valence-electron chi connectivity index (χ3n) is 5.24. The number of fused-ring (bicyclic) bond motifs is 1. The minimum Gasteiger partial charge on any atom is -0.342 e. The van der Waals surface area contributed by atoms with E-state index in [-0.39, 0.29) is 30.7 Å². The molecule has 5 nitrogen and oxygen atoms in total. The summed E-state index contributed by atoms with van der Waals surface area (Å²) in [5.41, 5.74) is 2.11. The SMILES string of the molecule is O=C(CCN1C(=O)c2ccccc2C1=O)N1CC[C@H](c2ccccc2)C1. The summed E-state index contributed by atoms with van der Waals surface area (Å²) in [6.07, 6.45) is 1.12. The van der Waals surface area contributed by atoms with Crippen LogP contribution < -0.4 is 0 Å². The summed E-state index contributed by atoms with van der Waals surface area (Å²) >= 11 is 0. The lowest BCUT2D eigenvalue weighted by Gasteiger charge is -2.19. The van der Waals surface area contributed by atoms with Crippen LogP contribution in [0.5, 0.6) is 0 Å². The van der Waals surface area contributed by atoms with E-state index in [4.69, 9.17) is 0 Å². The van der Waals surface area contributed by atoms with Crippen LogP contribution in [0, 0.1) is 0 Å². The van der Waals surface area contributed by atoms with Crippen LogP contribution in [0.15, 0.2) is 54.6 Å². The number of benzene rings is 2.